The Kier molecular flexibility index (Phi) is 9.38. The van der Waals surface area contributed by atoms with Crippen LogP contribution in [0.15, 0.2) is 83.1 Å². The Morgan fingerprint density at radius 2 is 1.24 bits per heavy atom. The molecule has 10 nitrogen and oxygen atoms in total. The van der Waals surface area contributed by atoms with Crippen molar-refractivity contribution in [2.45, 2.75) is 62.4 Å². The summed E-state index contributed by atoms with van der Waals surface area (Å²) < 4.78 is 34.2. The van der Waals surface area contributed by atoms with E-state index in [0.29, 0.717) is 23.0 Å². The van der Waals surface area contributed by atoms with Gasteiger partial charge in [0.05, 0.1) is 37.0 Å². The molecule has 0 aliphatic heterocycles. The first-order valence-corrected chi connectivity index (χ1v) is 15.3. The van der Waals surface area contributed by atoms with Crippen molar-refractivity contribution in [2.24, 2.45) is 14.1 Å². The lowest BCUT2D eigenvalue weighted by Gasteiger charge is -2.10. The van der Waals surface area contributed by atoms with Crippen LogP contribution >= 0.6 is 0 Å². The van der Waals surface area contributed by atoms with E-state index in [4.69, 9.17) is 0 Å². The van der Waals surface area contributed by atoms with Gasteiger partial charge < -0.3 is 10.6 Å². The Labute approximate surface area is 241 Å². The highest BCUT2D eigenvalue weighted by Crippen LogP contribution is 2.25. The Morgan fingerprint density at radius 3 is 1.76 bits per heavy atom. The molecule has 2 aromatic carbocycles. The van der Waals surface area contributed by atoms with E-state index in [1.807, 2.05) is 41.0 Å². The van der Waals surface area contributed by atoms with Gasteiger partial charge in [-0.2, -0.15) is 0 Å². The fourth-order valence-electron chi connectivity index (χ4n) is 4.62. The van der Waals surface area contributed by atoms with Gasteiger partial charge in [-0.3, -0.25) is 9.59 Å². The molecule has 0 fully saturated rings. The second-order valence-corrected chi connectivity index (χ2v) is 12.0. The first-order valence-electron chi connectivity index (χ1n) is 13.8. The molecule has 0 radical (unpaired) electrons. The van der Waals surface area contributed by atoms with Crippen molar-refractivity contribution >= 4 is 33.0 Å². The van der Waals surface area contributed by atoms with Gasteiger partial charge in [-0.05, 0) is 55.3 Å². The molecule has 0 saturated carbocycles. The van der Waals surface area contributed by atoms with E-state index < -0.39 is 9.84 Å². The fourth-order valence-corrected chi connectivity index (χ4v) is 5.92. The molecule has 216 valence electrons. The fraction of sp³-hybridized carbons (Fsp3) is 0.333. The van der Waals surface area contributed by atoms with Crippen molar-refractivity contribution < 1.29 is 27.1 Å². The zero-order valence-corrected chi connectivity index (χ0v) is 24.8. The van der Waals surface area contributed by atoms with Gasteiger partial charge in [0.2, 0.25) is 9.84 Å². The summed E-state index contributed by atoms with van der Waals surface area (Å²) in [4.78, 5) is 26.2. The number of carbonyl (C=O) groups is 2. The molecule has 11 heteroatoms. The van der Waals surface area contributed by atoms with Crippen LogP contribution in [0.25, 0.3) is 0 Å². The zero-order chi connectivity index (χ0) is 29.6. The van der Waals surface area contributed by atoms with Crippen LogP contribution in [0, 0.1) is 0 Å². The Balaban J connectivity index is 1.49. The number of unbranched alkanes of at least 4 members (excludes halogenated alkanes) is 2. The molecule has 0 aliphatic rings. The van der Waals surface area contributed by atoms with Crippen molar-refractivity contribution in [1.82, 2.24) is 9.13 Å². The molecule has 0 bridgehead atoms. The smallest absolute Gasteiger partial charge is 0.315 e. The van der Waals surface area contributed by atoms with Crippen molar-refractivity contribution in [2.75, 3.05) is 10.6 Å². The monoisotopic (exact) mass is 578 g/mol. The summed E-state index contributed by atoms with van der Waals surface area (Å²) in [6.45, 7) is 5.64. The lowest BCUT2D eigenvalue weighted by molar-refractivity contribution is -0.673. The van der Waals surface area contributed by atoms with Crippen LogP contribution in [0.3, 0.4) is 0 Å². The first-order chi connectivity index (χ1) is 19.6. The average Bonchev–Trinajstić information content (AvgIpc) is 3.52. The lowest BCUT2D eigenvalue weighted by Crippen LogP contribution is -2.37. The molecule has 2 amide bonds. The summed E-state index contributed by atoms with van der Waals surface area (Å²) in [6.07, 6.45) is 11.3. The standard InChI is InChI=1S/C30H36N6O4S/c1-5-7-16-35-20-18-33(3)29(35)27(37)31-23-12-14-25(15-13-23)41(39,40)26-11-9-10-24(22-26)32-28(38)30-34(4)19-21-36(30)17-8-6-2/h9-15,18-22H,5-8,16-17H2,1-4H3/p+2. The van der Waals surface area contributed by atoms with E-state index >= 15 is 0 Å². The predicted molar refractivity (Wildman–Crippen MR) is 155 cm³/mol. The van der Waals surface area contributed by atoms with E-state index in [-0.39, 0.29) is 21.6 Å². The number of hydrogen-bond donors (Lipinski definition) is 2. The Morgan fingerprint density at radius 1 is 0.732 bits per heavy atom. The molecule has 0 saturated heterocycles. The number of aryl methyl sites for hydroxylation is 4. The van der Waals surface area contributed by atoms with Crippen LogP contribution < -0.4 is 19.8 Å². The van der Waals surface area contributed by atoms with E-state index in [1.54, 1.807) is 40.4 Å². The number of amides is 2. The molecule has 0 atom stereocenters. The number of anilines is 2. The van der Waals surface area contributed by atoms with Gasteiger partial charge in [0, 0.05) is 11.4 Å². The van der Waals surface area contributed by atoms with Crippen molar-refractivity contribution in [3.05, 3.63) is 85.0 Å². The molecule has 4 rings (SSSR count). The minimum Gasteiger partial charge on any atom is -0.315 e. The number of rotatable bonds is 12. The van der Waals surface area contributed by atoms with Gasteiger partial charge in [0.15, 0.2) is 0 Å². The SMILES string of the molecule is CCCCn1cc[n+](C)c1C(=O)Nc1ccc(S(=O)(=O)c2cccc(NC(=O)c3n(CCCC)cc[n+]3C)c2)cc1. The minimum atomic E-state index is -3.87. The van der Waals surface area contributed by atoms with Gasteiger partial charge >= 0.3 is 23.5 Å². The molecular weight excluding hydrogens is 540 g/mol. The van der Waals surface area contributed by atoms with Crippen LogP contribution in [-0.4, -0.2) is 29.4 Å². The third-order valence-electron chi connectivity index (χ3n) is 6.89. The number of aromatic nitrogens is 4. The molecular formula is C30H38N6O4S+2. The molecule has 2 aromatic heterocycles. The highest BCUT2D eigenvalue weighted by atomic mass is 32.2. The average molecular weight is 579 g/mol. The third kappa shape index (κ3) is 6.74. The summed E-state index contributed by atoms with van der Waals surface area (Å²) in [7, 11) is -0.261. The number of nitrogens with zero attached hydrogens (tertiary/aromatic N) is 4. The van der Waals surface area contributed by atoms with E-state index in [9.17, 15) is 18.0 Å². The molecule has 0 spiro atoms. The number of nitrogens with one attached hydrogen (secondary N) is 2. The number of sulfone groups is 1. The second kappa shape index (κ2) is 12.9. The van der Waals surface area contributed by atoms with Crippen LogP contribution in [0.5, 0.6) is 0 Å². The van der Waals surface area contributed by atoms with Crippen molar-refractivity contribution in [3.63, 3.8) is 0 Å². The van der Waals surface area contributed by atoms with Gasteiger partial charge in [-0.1, -0.05) is 32.8 Å². The lowest BCUT2D eigenvalue weighted by atomic mass is 10.3. The van der Waals surface area contributed by atoms with Gasteiger partial charge in [-0.15, -0.1) is 0 Å². The van der Waals surface area contributed by atoms with E-state index in [2.05, 4.69) is 24.5 Å². The summed E-state index contributed by atoms with van der Waals surface area (Å²) in [5.74, 6) is 0.398. The highest BCUT2D eigenvalue weighted by molar-refractivity contribution is 7.91. The number of benzene rings is 2. The first kappa shape index (κ1) is 29.7. The summed E-state index contributed by atoms with van der Waals surface area (Å²) in [5, 5.41) is 5.69. The van der Waals surface area contributed by atoms with Crippen LogP contribution in [0.1, 0.15) is 60.8 Å². The highest BCUT2D eigenvalue weighted by Gasteiger charge is 2.26. The van der Waals surface area contributed by atoms with E-state index in [1.165, 1.54) is 24.3 Å². The largest absolute Gasteiger partial charge is 0.348 e. The van der Waals surface area contributed by atoms with Gasteiger partial charge in [0.1, 0.15) is 24.8 Å². The normalized spacial score (nSPS) is 11.4. The van der Waals surface area contributed by atoms with Gasteiger partial charge in [-0.25, -0.2) is 26.7 Å². The Hall–Kier alpha value is -4.25. The predicted octanol–water partition coefficient (Wildman–Crippen LogP) is 3.88. The maximum atomic E-state index is 13.4. The minimum absolute atomic E-state index is 0.0543. The molecule has 2 N–H and O–H groups in total. The zero-order valence-electron chi connectivity index (χ0n) is 24.0. The van der Waals surface area contributed by atoms with Crippen LogP contribution in [-0.2, 0) is 37.0 Å². The maximum Gasteiger partial charge on any atom is 0.348 e. The number of carbonyl (C=O) groups excluding carboxylic acids is 2. The van der Waals surface area contributed by atoms with Crippen molar-refractivity contribution in [1.29, 1.82) is 0 Å². The third-order valence-corrected chi connectivity index (χ3v) is 8.66. The van der Waals surface area contributed by atoms with E-state index in [0.717, 1.165) is 38.8 Å². The van der Waals surface area contributed by atoms with Gasteiger partial charge in [0.25, 0.3) is 0 Å². The number of hydrogen-bond acceptors (Lipinski definition) is 4. The molecule has 0 unspecified atom stereocenters. The Bertz CT molecular complexity index is 1640. The maximum absolute atomic E-state index is 13.4. The quantitative estimate of drug-likeness (QED) is 0.249. The molecule has 4 aromatic rings. The summed E-state index contributed by atoms with van der Waals surface area (Å²) in [5.41, 5.74) is 0.860. The van der Waals surface area contributed by atoms with Crippen LogP contribution in [0.2, 0.25) is 0 Å². The summed E-state index contributed by atoms with van der Waals surface area (Å²) in [6, 6.07) is 12.3. The number of imidazole rings is 2. The van der Waals surface area contributed by atoms with Crippen molar-refractivity contribution in [3.8, 4) is 0 Å². The summed E-state index contributed by atoms with van der Waals surface area (Å²) >= 11 is 0. The topological polar surface area (TPSA) is 110 Å². The molecule has 41 heavy (non-hydrogen) atoms. The molecule has 2 heterocycles. The van der Waals surface area contributed by atoms with Crippen LogP contribution in [0.4, 0.5) is 11.4 Å². The second-order valence-electron chi connectivity index (χ2n) is 10.0. The molecule has 0 aliphatic carbocycles.